The van der Waals surface area contributed by atoms with Crippen molar-refractivity contribution in [2.45, 2.75) is 25.9 Å². The zero-order valence-corrected chi connectivity index (χ0v) is 10.5. The van der Waals surface area contributed by atoms with Gasteiger partial charge in [0, 0.05) is 26.7 Å². The molecule has 96 valence electrons. The number of rotatable bonds is 9. The van der Waals surface area contributed by atoms with E-state index in [1.54, 1.807) is 14.2 Å². The number of ether oxygens (including phenoxy) is 2. The molecular formula is C11H24N2O3. The van der Waals surface area contributed by atoms with Crippen molar-refractivity contribution >= 4 is 5.91 Å². The highest BCUT2D eigenvalue weighted by atomic mass is 16.5. The molecule has 0 fully saturated rings. The molecule has 16 heavy (non-hydrogen) atoms. The second-order valence-corrected chi connectivity index (χ2v) is 3.89. The maximum Gasteiger partial charge on any atom is 0.222 e. The van der Waals surface area contributed by atoms with Crippen molar-refractivity contribution < 1.29 is 14.3 Å². The summed E-state index contributed by atoms with van der Waals surface area (Å²) in [5.74, 6) is 0.0511. The highest BCUT2D eigenvalue weighted by Gasteiger charge is 2.14. The van der Waals surface area contributed by atoms with E-state index >= 15 is 0 Å². The number of carbonyl (C=O) groups excluding carboxylic acids is 1. The fourth-order valence-corrected chi connectivity index (χ4v) is 1.34. The minimum Gasteiger partial charge on any atom is -0.382 e. The summed E-state index contributed by atoms with van der Waals surface area (Å²) in [6.07, 6.45) is 1.61. The lowest BCUT2D eigenvalue weighted by atomic mass is 10.0. The Morgan fingerprint density at radius 2 is 2.12 bits per heavy atom. The lowest BCUT2D eigenvalue weighted by Crippen LogP contribution is -2.38. The molecule has 0 bridgehead atoms. The third-order valence-corrected chi connectivity index (χ3v) is 2.48. The van der Waals surface area contributed by atoms with E-state index in [9.17, 15) is 4.79 Å². The molecule has 0 spiro atoms. The molecule has 2 atom stereocenters. The van der Waals surface area contributed by atoms with Gasteiger partial charge < -0.3 is 20.5 Å². The van der Waals surface area contributed by atoms with Gasteiger partial charge in [-0.15, -0.1) is 0 Å². The molecule has 0 aliphatic rings. The van der Waals surface area contributed by atoms with Crippen LogP contribution in [0.25, 0.3) is 0 Å². The van der Waals surface area contributed by atoms with Crippen LogP contribution in [-0.2, 0) is 14.3 Å². The molecule has 5 nitrogen and oxygen atoms in total. The van der Waals surface area contributed by atoms with Crippen LogP contribution >= 0.6 is 0 Å². The van der Waals surface area contributed by atoms with Gasteiger partial charge in [-0.2, -0.15) is 0 Å². The summed E-state index contributed by atoms with van der Waals surface area (Å²) in [5.41, 5.74) is 5.39. The Balaban J connectivity index is 3.76. The van der Waals surface area contributed by atoms with Gasteiger partial charge in [0.05, 0.1) is 12.7 Å². The molecule has 0 aliphatic heterocycles. The number of methoxy groups -OCH3 is 2. The average molecular weight is 232 g/mol. The summed E-state index contributed by atoms with van der Waals surface area (Å²) < 4.78 is 10.1. The molecule has 5 heteroatoms. The van der Waals surface area contributed by atoms with Crippen molar-refractivity contribution in [1.29, 1.82) is 0 Å². The summed E-state index contributed by atoms with van der Waals surface area (Å²) in [6, 6.07) is 0. The van der Waals surface area contributed by atoms with Crippen LogP contribution in [0, 0.1) is 5.92 Å². The summed E-state index contributed by atoms with van der Waals surface area (Å²) >= 11 is 0. The molecule has 0 aromatic carbocycles. The second-order valence-electron chi connectivity index (χ2n) is 3.89. The number of nitrogens with one attached hydrogen (secondary N) is 1. The largest absolute Gasteiger partial charge is 0.382 e. The van der Waals surface area contributed by atoms with Gasteiger partial charge in [0.2, 0.25) is 5.91 Å². The molecule has 0 saturated carbocycles. The van der Waals surface area contributed by atoms with Crippen LogP contribution in [0.3, 0.4) is 0 Å². The Morgan fingerprint density at radius 3 is 2.62 bits per heavy atom. The van der Waals surface area contributed by atoms with Gasteiger partial charge in [-0.1, -0.05) is 6.92 Å². The lowest BCUT2D eigenvalue weighted by molar-refractivity contribution is -0.125. The molecule has 0 aromatic heterocycles. The predicted octanol–water partition coefficient (Wildman–Crippen LogP) is 0.139. The van der Waals surface area contributed by atoms with Gasteiger partial charge in [0.15, 0.2) is 0 Å². The van der Waals surface area contributed by atoms with Crippen LogP contribution in [0.2, 0.25) is 0 Å². The van der Waals surface area contributed by atoms with Crippen molar-refractivity contribution in [3.8, 4) is 0 Å². The average Bonchev–Trinajstić information content (AvgIpc) is 2.30. The first kappa shape index (κ1) is 15.3. The number of nitrogens with two attached hydrogens (primary N) is 1. The monoisotopic (exact) mass is 232 g/mol. The summed E-state index contributed by atoms with van der Waals surface area (Å²) in [7, 11) is 3.21. The van der Waals surface area contributed by atoms with E-state index in [-0.39, 0.29) is 17.9 Å². The van der Waals surface area contributed by atoms with Gasteiger partial charge in [-0.05, 0) is 19.4 Å². The topological polar surface area (TPSA) is 73.6 Å². The Hall–Kier alpha value is -0.650. The maximum absolute atomic E-state index is 11.6. The van der Waals surface area contributed by atoms with Crippen LogP contribution in [0.15, 0.2) is 0 Å². The van der Waals surface area contributed by atoms with Gasteiger partial charge in [-0.3, -0.25) is 4.79 Å². The Morgan fingerprint density at radius 1 is 1.44 bits per heavy atom. The van der Waals surface area contributed by atoms with Gasteiger partial charge in [0.25, 0.3) is 0 Å². The number of carbonyl (C=O) groups is 1. The van der Waals surface area contributed by atoms with Gasteiger partial charge in [0.1, 0.15) is 0 Å². The van der Waals surface area contributed by atoms with Crippen molar-refractivity contribution in [3.63, 3.8) is 0 Å². The quantitative estimate of drug-likeness (QED) is 0.593. The highest BCUT2D eigenvalue weighted by molar-refractivity contribution is 5.78. The number of hydrogen-bond acceptors (Lipinski definition) is 4. The molecule has 3 N–H and O–H groups in total. The third-order valence-electron chi connectivity index (χ3n) is 2.48. The highest BCUT2D eigenvalue weighted by Crippen LogP contribution is 2.04. The lowest BCUT2D eigenvalue weighted by Gasteiger charge is -2.17. The fourth-order valence-electron chi connectivity index (χ4n) is 1.34. The van der Waals surface area contributed by atoms with E-state index in [1.807, 2.05) is 6.92 Å². The Bertz CT molecular complexity index is 188. The van der Waals surface area contributed by atoms with Crippen molar-refractivity contribution in [1.82, 2.24) is 5.32 Å². The van der Waals surface area contributed by atoms with Crippen LogP contribution in [0.4, 0.5) is 0 Å². The van der Waals surface area contributed by atoms with Crippen LogP contribution in [0.5, 0.6) is 0 Å². The van der Waals surface area contributed by atoms with E-state index in [2.05, 4.69) is 5.32 Å². The first-order valence-electron chi connectivity index (χ1n) is 5.65. The number of hydrogen-bond donors (Lipinski definition) is 2. The molecule has 1 amide bonds. The van der Waals surface area contributed by atoms with Crippen LogP contribution < -0.4 is 11.1 Å². The zero-order valence-electron chi connectivity index (χ0n) is 10.5. The van der Waals surface area contributed by atoms with Crippen molar-refractivity contribution in [2.24, 2.45) is 11.7 Å². The molecule has 2 unspecified atom stereocenters. The second kappa shape index (κ2) is 9.57. The van der Waals surface area contributed by atoms with Gasteiger partial charge >= 0.3 is 0 Å². The van der Waals surface area contributed by atoms with Crippen LogP contribution in [-0.4, -0.2) is 45.9 Å². The molecular weight excluding hydrogens is 208 g/mol. The molecule has 0 saturated heterocycles. The van der Waals surface area contributed by atoms with E-state index < -0.39 is 0 Å². The molecule has 0 aromatic rings. The minimum absolute atomic E-state index is 0.00333. The first-order chi connectivity index (χ1) is 7.65. The smallest absolute Gasteiger partial charge is 0.222 e. The third kappa shape index (κ3) is 6.76. The summed E-state index contributed by atoms with van der Waals surface area (Å²) in [4.78, 5) is 11.6. The predicted molar refractivity (Wildman–Crippen MR) is 63.1 cm³/mol. The summed E-state index contributed by atoms with van der Waals surface area (Å²) in [6.45, 7) is 3.50. The standard InChI is InChI=1S/C11H24N2O3/c1-9(5-4-6-12)11(14)13-7-10(16-3)8-15-2/h9-10H,4-8,12H2,1-3H3,(H,13,14). The van der Waals surface area contributed by atoms with Crippen molar-refractivity contribution in [3.05, 3.63) is 0 Å². The molecule has 0 aliphatic carbocycles. The van der Waals surface area contributed by atoms with E-state index in [0.717, 1.165) is 12.8 Å². The SMILES string of the molecule is COCC(CNC(=O)C(C)CCCN)OC. The molecule has 0 radical (unpaired) electrons. The Labute approximate surface area is 97.7 Å². The zero-order chi connectivity index (χ0) is 12.4. The molecule has 0 heterocycles. The van der Waals surface area contributed by atoms with E-state index in [0.29, 0.717) is 19.7 Å². The Kier molecular flexibility index (Phi) is 9.18. The van der Waals surface area contributed by atoms with E-state index in [4.69, 9.17) is 15.2 Å². The van der Waals surface area contributed by atoms with E-state index in [1.165, 1.54) is 0 Å². The fraction of sp³-hybridized carbons (Fsp3) is 0.909. The normalized spacial score (nSPS) is 14.5. The number of amides is 1. The van der Waals surface area contributed by atoms with Crippen molar-refractivity contribution in [2.75, 3.05) is 33.9 Å². The first-order valence-corrected chi connectivity index (χ1v) is 5.65. The van der Waals surface area contributed by atoms with Gasteiger partial charge in [-0.25, -0.2) is 0 Å². The maximum atomic E-state index is 11.6. The van der Waals surface area contributed by atoms with Crippen LogP contribution in [0.1, 0.15) is 19.8 Å². The minimum atomic E-state index is -0.0874. The molecule has 0 rings (SSSR count). The summed E-state index contributed by atoms with van der Waals surface area (Å²) in [5, 5.41) is 2.84.